The van der Waals surface area contributed by atoms with E-state index in [4.69, 9.17) is 0 Å². The van der Waals surface area contributed by atoms with E-state index in [2.05, 4.69) is 10.3 Å². The summed E-state index contributed by atoms with van der Waals surface area (Å²) in [4.78, 5) is 15.7. The molecule has 1 aromatic rings. The minimum Gasteiger partial charge on any atom is -0.352 e. The summed E-state index contributed by atoms with van der Waals surface area (Å²) >= 11 is 0. The van der Waals surface area contributed by atoms with Gasteiger partial charge in [-0.2, -0.15) is 0 Å². The first kappa shape index (κ1) is 17.9. The molecule has 1 saturated heterocycles. The largest absolute Gasteiger partial charge is 0.352 e. The number of unbranched alkanes of at least 4 members (excludes halogenated alkanes) is 1. The number of carbonyl (C=O) groups excluding carboxylic acids is 1. The number of carbonyl (C=O) groups is 1. The highest BCUT2D eigenvalue weighted by Crippen LogP contribution is 2.14. The fraction of sp³-hybridized carbons (Fsp3) is 0.625. The zero-order valence-corrected chi connectivity index (χ0v) is 14.2. The highest BCUT2D eigenvalue weighted by Gasteiger charge is 2.23. The molecular weight excluding hydrogens is 314 g/mol. The van der Waals surface area contributed by atoms with Gasteiger partial charge in [0.25, 0.3) is 0 Å². The second-order valence-electron chi connectivity index (χ2n) is 5.87. The molecule has 6 nitrogen and oxygen atoms in total. The van der Waals surface area contributed by atoms with Crippen molar-refractivity contribution in [3.05, 3.63) is 30.1 Å². The van der Waals surface area contributed by atoms with Gasteiger partial charge in [0, 0.05) is 38.4 Å². The fourth-order valence-electron chi connectivity index (χ4n) is 2.63. The van der Waals surface area contributed by atoms with Gasteiger partial charge in [0.15, 0.2) is 0 Å². The molecule has 1 fully saturated rings. The minimum absolute atomic E-state index is 0.0516. The first-order valence-electron chi connectivity index (χ1n) is 8.21. The predicted octanol–water partition coefficient (Wildman–Crippen LogP) is 1.68. The molecule has 0 spiro atoms. The summed E-state index contributed by atoms with van der Waals surface area (Å²) in [7, 11) is -3.14. The van der Waals surface area contributed by atoms with Gasteiger partial charge in [0.1, 0.15) is 0 Å². The molecule has 128 valence electrons. The van der Waals surface area contributed by atoms with Crippen molar-refractivity contribution in [2.24, 2.45) is 0 Å². The molecule has 2 heterocycles. The molecule has 1 aliphatic heterocycles. The van der Waals surface area contributed by atoms with E-state index in [1.165, 1.54) is 0 Å². The van der Waals surface area contributed by atoms with Crippen molar-refractivity contribution < 1.29 is 13.2 Å². The van der Waals surface area contributed by atoms with E-state index in [-0.39, 0.29) is 11.7 Å². The number of rotatable bonds is 8. The lowest BCUT2D eigenvalue weighted by Crippen LogP contribution is -2.37. The molecule has 0 aromatic carbocycles. The molecule has 1 N–H and O–H groups in total. The zero-order valence-electron chi connectivity index (χ0n) is 13.4. The van der Waals surface area contributed by atoms with Gasteiger partial charge >= 0.3 is 0 Å². The van der Waals surface area contributed by atoms with Gasteiger partial charge in [-0.25, -0.2) is 12.7 Å². The monoisotopic (exact) mass is 339 g/mol. The number of aromatic nitrogens is 1. The Morgan fingerprint density at radius 1 is 1.22 bits per heavy atom. The van der Waals surface area contributed by atoms with Gasteiger partial charge in [-0.3, -0.25) is 9.78 Å². The Morgan fingerprint density at radius 3 is 2.70 bits per heavy atom. The van der Waals surface area contributed by atoms with Gasteiger partial charge in [-0.15, -0.1) is 0 Å². The summed E-state index contributed by atoms with van der Waals surface area (Å²) in [6.07, 6.45) is 7.90. The Labute approximate surface area is 138 Å². The van der Waals surface area contributed by atoms with Gasteiger partial charge < -0.3 is 5.32 Å². The van der Waals surface area contributed by atoms with Crippen LogP contribution >= 0.6 is 0 Å². The quantitative estimate of drug-likeness (QED) is 0.731. The average molecular weight is 339 g/mol. The molecule has 0 atom stereocenters. The van der Waals surface area contributed by atoms with E-state index in [1.807, 2.05) is 12.1 Å². The standard InChI is InChI=1S/C16H25N3O3S/c20-16(18-14-15-7-6-9-17-13-15)8-2-5-12-23(21,22)19-10-3-1-4-11-19/h6-7,9,13H,1-5,8,10-12,14H2,(H,18,20). The predicted molar refractivity (Wildman–Crippen MR) is 89.1 cm³/mol. The third-order valence-corrected chi connectivity index (χ3v) is 5.93. The Hall–Kier alpha value is -1.47. The van der Waals surface area contributed by atoms with Crippen molar-refractivity contribution in [1.29, 1.82) is 0 Å². The molecule has 23 heavy (non-hydrogen) atoms. The van der Waals surface area contributed by atoms with E-state index >= 15 is 0 Å². The Morgan fingerprint density at radius 2 is 2.00 bits per heavy atom. The average Bonchev–Trinajstić information content (AvgIpc) is 2.59. The number of nitrogens with one attached hydrogen (secondary N) is 1. The summed E-state index contributed by atoms with van der Waals surface area (Å²) in [6, 6.07) is 3.73. The van der Waals surface area contributed by atoms with Crippen LogP contribution in [0.5, 0.6) is 0 Å². The number of hydrogen-bond acceptors (Lipinski definition) is 4. The van der Waals surface area contributed by atoms with E-state index in [0.717, 1.165) is 24.8 Å². The van der Waals surface area contributed by atoms with E-state index < -0.39 is 10.0 Å². The lowest BCUT2D eigenvalue weighted by Gasteiger charge is -2.25. The summed E-state index contributed by atoms with van der Waals surface area (Å²) in [5.74, 6) is 0.0901. The van der Waals surface area contributed by atoms with Crippen molar-refractivity contribution in [2.45, 2.75) is 45.1 Å². The molecule has 0 unspecified atom stereocenters. The van der Waals surface area contributed by atoms with Crippen molar-refractivity contribution in [2.75, 3.05) is 18.8 Å². The third-order valence-electron chi connectivity index (χ3n) is 3.98. The SMILES string of the molecule is O=C(CCCCS(=O)(=O)N1CCCCC1)NCc1cccnc1. The molecule has 0 bridgehead atoms. The van der Waals surface area contributed by atoms with Crippen LogP contribution in [0.1, 0.15) is 44.1 Å². The third kappa shape index (κ3) is 6.27. The Balaban J connectivity index is 1.61. The maximum absolute atomic E-state index is 12.2. The van der Waals surface area contributed by atoms with Gasteiger partial charge in [0.2, 0.25) is 15.9 Å². The molecule has 1 aliphatic rings. The summed E-state index contributed by atoms with van der Waals surface area (Å²) in [5, 5.41) is 2.82. The molecule has 1 amide bonds. The van der Waals surface area contributed by atoms with E-state index in [1.54, 1.807) is 16.7 Å². The smallest absolute Gasteiger partial charge is 0.220 e. The lowest BCUT2D eigenvalue weighted by molar-refractivity contribution is -0.121. The number of sulfonamides is 1. The molecular formula is C16H25N3O3S. The normalized spacial score (nSPS) is 16.2. The van der Waals surface area contributed by atoms with Crippen molar-refractivity contribution >= 4 is 15.9 Å². The van der Waals surface area contributed by atoms with Crippen LogP contribution in [0, 0.1) is 0 Å². The van der Waals surface area contributed by atoms with Crippen LogP contribution in [-0.2, 0) is 21.4 Å². The summed E-state index contributed by atoms with van der Waals surface area (Å²) in [5.41, 5.74) is 0.952. The van der Waals surface area contributed by atoms with Crippen LogP contribution in [0.4, 0.5) is 0 Å². The zero-order chi connectivity index (χ0) is 16.5. The first-order chi connectivity index (χ1) is 11.1. The van der Waals surface area contributed by atoms with Gasteiger partial charge in [-0.1, -0.05) is 12.5 Å². The first-order valence-corrected chi connectivity index (χ1v) is 9.82. The second-order valence-corrected chi connectivity index (χ2v) is 7.96. The summed E-state index contributed by atoms with van der Waals surface area (Å²) < 4.78 is 25.9. The Bertz CT molecular complexity index is 584. The Kier molecular flexibility index (Phi) is 6.98. The van der Waals surface area contributed by atoms with Crippen LogP contribution in [0.2, 0.25) is 0 Å². The lowest BCUT2D eigenvalue weighted by atomic mass is 10.2. The van der Waals surface area contributed by atoms with Gasteiger partial charge in [0.05, 0.1) is 5.75 Å². The van der Waals surface area contributed by atoms with Crippen molar-refractivity contribution in [1.82, 2.24) is 14.6 Å². The minimum atomic E-state index is -3.14. The van der Waals surface area contributed by atoms with E-state index in [0.29, 0.717) is 38.9 Å². The number of amides is 1. The maximum Gasteiger partial charge on any atom is 0.220 e. The van der Waals surface area contributed by atoms with Crippen LogP contribution in [0.15, 0.2) is 24.5 Å². The van der Waals surface area contributed by atoms with Crippen molar-refractivity contribution in [3.8, 4) is 0 Å². The number of pyridine rings is 1. The van der Waals surface area contributed by atoms with E-state index in [9.17, 15) is 13.2 Å². The van der Waals surface area contributed by atoms with Crippen LogP contribution < -0.4 is 5.32 Å². The molecule has 2 rings (SSSR count). The maximum atomic E-state index is 12.2. The van der Waals surface area contributed by atoms with Crippen LogP contribution in [0.3, 0.4) is 0 Å². The molecule has 0 radical (unpaired) electrons. The molecule has 7 heteroatoms. The fourth-order valence-corrected chi connectivity index (χ4v) is 4.28. The van der Waals surface area contributed by atoms with Crippen molar-refractivity contribution in [3.63, 3.8) is 0 Å². The number of hydrogen-bond donors (Lipinski definition) is 1. The number of piperidine rings is 1. The molecule has 1 aromatic heterocycles. The van der Waals surface area contributed by atoms with Crippen LogP contribution in [-0.4, -0.2) is 42.5 Å². The van der Waals surface area contributed by atoms with Crippen LogP contribution in [0.25, 0.3) is 0 Å². The molecule has 0 saturated carbocycles. The second kappa shape index (κ2) is 8.98. The molecule has 0 aliphatic carbocycles. The number of nitrogens with zero attached hydrogens (tertiary/aromatic N) is 2. The van der Waals surface area contributed by atoms with Gasteiger partial charge in [-0.05, 0) is 37.3 Å². The highest BCUT2D eigenvalue weighted by molar-refractivity contribution is 7.89. The highest BCUT2D eigenvalue weighted by atomic mass is 32.2. The summed E-state index contributed by atoms with van der Waals surface area (Å²) in [6.45, 7) is 1.75. The topological polar surface area (TPSA) is 79.4 Å².